The van der Waals surface area contributed by atoms with Crippen LogP contribution in [0.2, 0.25) is 10.0 Å². The van der Waals surface area contributed by atoms with E-state index < -0.39 is 4.92 Å². The number of nitro benzene ring substituents is 1. The summed E-state index contributed by atoms with van der Waals surface area (Å²) >= 11 is 17.6. The minimum Gasteiger partial charge on any atom is -0.453 e. The highest BCUT2D eigenvalue weighted by Gasteiger charge is 2.24. The molecule has 0 N–H and O–H groups in total. The lowest BCUT2D eigenvalue weighted by Gasteiger charge is -2.37. The molecule has 1 aromatic heterocycles. The van der Waals surface area contributed by atoms with Gasteiger partial charge in [-0.15, -0.1) is 0 Å². The van der Waals surface area contributed by atoms with Crippen molar-refractivity contribution in [1.82, 2.24) is 4.90 Å². The number of hydrogen-bond acceptors (Lipinski definition) is 5. The number of anilines is 1. The lowest BCUT2D eigenvalue weighted by molar-refractivity contribution is -0.384. The first-order valence-corrected chi connectivity index (χ1v) is 10.4. The second kappa shape index (κ2) is 8.63. The maximum Gasteiger partial charge on any atom is 0.281 e. The van der Waals surface area contributed by atoms with Crippen molar-refractivity contribution in [2.24, 2.45) is 0 Å². The van der Waals surface area contributed by atoms with Crippen LogP contribution < -0.4 is 4.90 Å². The van der Waals surface area contributed by atoms with Gasteiger partial charge in [0, 0.05) is 48.0 Å². The zero-order chi connectivity index (χ0) is 21.3. The predicted octanol–water partition coefficient (Wildman–Crippen LogP) is 5.66. The fourth-order valence-corrected chi connectivity index (χ4v) is 4.10. The monoisotopic (exact) mass is 461 g/mol. The fourth-order valence-electron chi connectivity index (χ4n) is 3.46. The van der Waals surface area contributed by atoms with Gasteiger partial charge in [-0.3, -0.25) is 10.1 Å². The van der Waals surface area contributed by atoms with Crippen LogP contribution in [0.15, 0.2) is 59.0 Å². The van der Waals surface area contributed by atoms with Crippen LogP contribution in [0, 0.1) is 10.1 Å². The molecule has 0 radical (unpaired) electrons. The van der Waals surface area contributed by atoms with Gasteiger partial charge in [0.25, 0.3) is 5.69 Å². The Bertz CT molecular complexity index is 1110. The van der Waals surface area contributed by atoms with Crippen LogP contribution in [-0.2, 0) is 0 Å². The summed E-state index contributed by atoms with van der Waals surface area (Å²) in [4.78, 5) is 15.8. The van der Waals surface area contributed by atoms with Gasteiger partial charge in [0.05, 0.1) is 10.5 Å². The van der Waals surface area contributed by atoms with Crippen molar-refractivity contribution in [2.45, 2.75) is 0 Å². The highest BCUT2D eigenvalue weighted by molar-refractivity contribution is 7.80. The number of rotatable bonds is 4. The summed E-state index contributed by atoms with van der Waals surface area (Å²) in [5, 5.41) is 12.4. The first kappa shape index (κ1) is 20.7. The molecule has 0 amide bonds. The van der Waals surface area contributed by atoms with Gasteiger partial charge in [-0.05, 0) is 42.5 Å². The molecular formula is C21H17Cl2N3O3S. The standard InChI is InChI=1S/C21H17Cl2N3O3S/c22-14-2-1-3-16(12-14)24-8-10-25(11-9-24)21(30)20-7-6-19(29-20)17-5-4-15(23)13-18(17)26(27)28/h1-7,12-13H,8-11H2. The van der Waals surface area contributed by atoms with Gasteiger partial charge in [0.15, 0.2) is 5.76 Å². The molecule has 2 heterocycles. The number of furan rings is 1. The van der Waals surface area contributed by atoms with Gasteiger partial charge < -0.3 is 14.2 Å². The number of nitrogens with zero attached hydrogens (tertiary/aromatic N) is 3. The van der Waals surface area contributed by atoms with E-state index in [0.29, 0.717) is 32.1 Å². The van der Waals surface area contributed by atoms with Crippen molar-refractivity contribution in [3.63, 3.8) is 0 Å². The summed E-state index contributed by atoms with van der Waals surface area (Å²) in [6.07, 6.45) is 0. The van der Waals surface area contributed by atoms with Gasteiger partial charge in [0.2, 0.25) is 0 Å². The average Bonchev–Trinajstić information content (AvgIpc) is 3.23. The van der Waals surface area contributed by atoms with Crippen LogP contribution in [0.4, 0.5) is 11.4 Å². The molecule has 0 saturated carbocycles. The lowest BCUT2D eigenvalue weighted by Crippen LogP contribution is -2.48. The Morgan fingerprint density at radius 1 is 1.00 bits per heavy atom. The Balaban J connectivity index is 1.47. The maximum absolute atomic E-state index is 11.4. The van der Waals surface area contributed by atoms with Crippen molar-refractivity contribution >= 4 is 51.8 Å². The number of nitro groups is 1. The molecule has 9 heteroatoms. The van der Waals surface area contributed by atoms with E-state index in [0.717, 1.165) is 31.9 Å². The molecule has 0 unspecified atom stereocenters. The second-order valence-corrected chi connectivity index (χ2v) is 8.10. The minimum atomic E-state index is -0.475. The van der Waals surface area contributed by atoms with E-state index in [1.165, 1.54) is 6.07 Å². The van der Waals surface area contributed by atoms with Crippen molar-refractivity contribution in [3.8, 4) is 11.3 Å². The molecular weight excluding hydrogens is 445 g/mol. The Morgan fingerprint density at radius 2 is 1.73 bits per heavy atom. The zero-order valence-corrected chi connectivity index (χ0v) is 18.1. The van der Waals surface area contributed by atoms with Crippen molar-refractivity contribution < 1.29 is 9.34 Å². The van der Waals surface area contributed by atoms with E-state index in [2.05, 4.69) is 9.80 Å². The average molecular weight is 462 g/mol. The third-order valence-electron chi connectivity index (χ3n) is 4.98. The van der Waals surface area contributed by atoms with Crippen LogP contribution in [0.1, 0.15) is 5.76 Å². The summed E-state index contributed by atoms with van der Waals surface area (Å²) in [7, 11) is 0. The topological polar surface area (TPSA) is 62.8 Å². The molecule has 30 heavy (non-hydrogen) atoms. The normalized spacial score (nSPS) is 14.1. The summed E-state index contributed by atoms with van der Waals surface area (Å²) in [6, 6.07) is 15.7. The number of thiocarbonyl (C=S) groups is 1. The van der Waals surface area contributed by atoms with Gasteiger partial charge in [-0.25, -0.2) is 0 Å². The number of hydrogen-bond donors (Lipinski definition) is 0. The van der Waals surface area contributed by atoms with E-state index in [9.17, 15) is 10.1 Å². The Hall–Kier alpha value is -2.61. The maximum atomic E-state index is 11.4. The third-order valence-corrected chi connectivity index (χ3v) is 5.91. The van der Waals surface area contributed by atoms with Crippen LogP contribution >= 0.6 is 35.4 Å². The van der Waals surface area contributed by atoms with E-state index in [1.807, 2.05) is 24.3 Å². The van der Waals surface area contributed by atoms with Crippen LogP contribution in [0.3, 0.4) is 0 Å². The smallest absolute Gasteiger partial charge is 0.281 e. The number of halogens is 2. The fraction of sp³-hybridized carbons (Fsp3) is 0.190. The molecule has 0 atom stereocenters. The molecule has 1 aliphatic heterocycles. The Kier molecular flexibility index (Phi) is 5.94. The molecule has 1 fully saturated rings. The SMILES string of the molecule is O=[N+]([O-])c1cc(Cl)ccc1-c1ccc(C(=S)N2CCN(c3cccc(Cl)c3)CC2)o1. The second-order valence-electron chi connectivity index (χ2n) is 6.84. The lowest BCUT2D eigenvalue weighted by atomic mass is 10.1. The molecule has 1 aliphatic rings. The molecule has 6 nitrogen and oxygen atoms in total. The van der Waals surface area contributed by atoms with Gasteiger partial charge in [0.1, 0.15) is 10.7 Å². The predicted molar refractivity (Wildman–Crippen MR) is 123 cm³/mol. The molecule has 0 bridgehead atoms. The molecule has 0 aliphatic carbocycles. The zero-order valence-electron chi connectivity index (χ0n) is 15.8. The summed E-state index contributed by atoms with van der Waals surface area (Å²) in [6.45, 7) is 3.08. The molecule has 0 spiro atoms. The van der Waals surface area contributed by atoms with Crippen molar-refractivity contribution in [1.29, 1.82) is 0 Å². The Morgan fingerprint density at radius 3 is 2.43 bits per heavy atom. The number of piperazine rings is 1. The van der Waals surface area contributed by atoms with E-state index in [1.54, 1.807) is 24.3 Å². The van der Waals surface area contributed by atoms with Gasteiger partial charge >= 0.3 is 0 Å². The Labute approximate surface area is 188 Å². The van der Waals surface area contributed by atoms with Gasteiger partial charge in [-0.1, -0.05) is 41.5 Å². The molecule has 2 aromatic carbocycles. The summed E-state index contributed by atoms with van der Waals surface area (Å²) < 4.78 is 5.88. The first-order chi connectivity index (χ1) is 14.4. The summed E-state index contributed by atoms with van der Waals surface area (Å²) in [5.74, 6) is 0.897. The van der Waals surface area contributed by atoms with Crippen LogP contribution in [0.25, 0.3) is 11.3 Å². The van der Waals surface area contributed by atoms with Crippen LogP contribution in [0.5, 0.6) is 0 Å². The quantitative estimate of drug-likeness (QED) is 0.283. The third kappa shape index (κ3) is 4.28. The summed E-state index contributed by atoms with van der Waals surface area (Å²) in [5.41, 5.74) is 1.34. The van der Waals surface area contributed by atoms with Crippen LogP contribution in [-0.4, -0.2) is 41.0 Å². The van der Waals surface area contributed by atoms with E-state index >= 15 is 0 Å². The molecule has 4 rings (SSSR count). The van der Waals surface area contributed by atoms with Crippen molar-refractivity contribution in [2.75, 3.05) is 31.1 Å². The van der Waals surface area contributed by atoms with Crippen molar-refractivity contribution in [3.05, 3.63) is 80.5 Å². The van der Waals surface area contributed by atoms with E-state index in [-0.39, 0.29) is 5.69 Å². The largest absolute Gasteiger partial charge is 0.453 e. The highest BCUT2D eigenvalue weighted by atomic mass is 35.5. The molecule has 154 valence electrons. The van der Waals surface area contributed by atoms with Gasteiger partial charge in [-0.2, -0.15) is 0 Å². The minimum absolute atomic E-state index is 0.107. The highest BCUT2D eigenvalue weighted by Crippen LogP contribution is 2.33. The molecule has 3 aromatic rings. The first-order valence-electron chi connectivity index (χ1n) is 9.26. The van der Waals surface area contributed by atoms with E-state index in [4.69, 9.17) is 39.8 Å². The molecule has 1 saturated heterocycles. The number of benzene rings is 2.